The lowest BCUT2D eigenvalue weighted by Gasteiger charge is -2.36. The number of rotatable bonds is 12. The summed E-state index contributed by atoms with van der Waals surface area (Å²) in [5, 5.41) is 17.0. The van der Waals surface area contributed by atoms with Crippen molar-refractivity contribution in [3.8, 4) is 0 Å². The number of nitrogens with one attached hydrogen (secondary N) is 2. The fraction of sp³-hybridized carbons (Fsp3) is 0.559. The Bertz CT molecular complexity index is 1370. The van der Waals surface area contributed by atoms with Crippen LogP contribution in [-0.2, 0) is 14.3 Å². The molecule has 5 N–H and O–H groups in total. The van der Waals surface area contributed by atoms with E-state index in [0.717, 1.165) is 43.4 Å². The lowest BCUT2D eigenvalue weighted by molar-refractivity contribution is -0.150. The minimum absolute atomic E-state index is 0.0662. The molecule has 5 unspecified atom stereocenters. The Morgan fingerprint density at radius 1 is 1.19 bits per heavy atom. The number of benzene rings is 1. The van der Waals surface area contributed by atoms with Crippen LogP contribution in [0.1, 0.15) is 86.4 Å². The molecule has 5 atom stereocenters. The van der Waals surface area contributed by atoms with Gasteiger partial charge in [-0.05, 0) is 68.7 Å². The molecule has 4 aliphatic rings. The average Bonchev–Trinajstić information content (AvgIpc) is 3.72. The smallest absolute Gasteiger partial charge is 0.350 e. The Hall–Kier alpha value is -3.27. The molecule has 9 nitrogen and oxygen atoms in total. The number of hydrogen-bond donors (Lipinski definition) is 4. The van der Waals surface area contributed by atoms with Crippen LogP contribution < -0.4 is 16.4 Å². The first kappa shape index (κ1) is 31.2. The summed E-state index contributed by atoms with van der Waals surface area (Å²) in [6.07, 6.45) is 9.32. The zero-order valence-electron chi connectivity index (χ0n) is 25.5. The number of carbonyl (C=O) groups is 3. The molecule has 1 aromatic rings. The number of aliphatic hydroxyl groups is 1. The topological polar surface area (TPSA) is 143 Å². The number of fused-ring (bicyclic) bond motifs is 2. The standard InChI is InChI=1S/C34H45N3O6/c1-4-22-12-13-28(36-5-2)24(16-22)20-42-32(41)34-31(40)27-9-7-6-8-26(27)30(39)33(34,43-34)18-25(19-38)21(3)10-11-23-14-15-37-29(35)17-23/h6-9,14,17,22,24,28,36-38H,4-5,10-13,15-16,18-20,35H2,1-3H3. The van der Waals surface area contributed by atoms with E-state index in [-0.39, 0.29) is 42.7 Å². The van der Waals surface area contributed by atoms with E-state index < -0.39 is 28.7 Å². The fourth-order valence-corrected chi connectivity index (χ4v) is 7.16. The molecule has 232 valence electrons. The summed E-state index contributed by atoms with van der Waals surface area (Å²) in [4.78, 5) is 42.0. The lowest BCUT2D eigenvalue weighted by Crippen LogP contribution is -2.51. The summed E-state index contributed by atoms with van der Waals surface area (Å²) in [5.74, 6) is -0.521. The van der Waals surface area contributed by atoms with Crippen LogP contribution in [-0.4, -0.2) is 66.2 Å². The van der Waals surface area contributed by atoms with Gasteiger partial charge in [-0.2, -0.15) is 0 Å². The predicted octanol–water partition coefficient (Wildman–Crippen LogP) is 3.73. The van der Waals surface area contributed by atoms with Crippen LogP contribution in [0.15, 0.2) is 59.0 Å². The minimum atomic E-state index is -2.06. The first-order valence-corrected chi connectivity index (χ1v) is 15.7. The van der Waals surface area contributed by atoms with E-state index >= 15 is 0 Å². The molecule has 0 bridgehead atoms. The van der Waals surface area contributed by atoms with Gasteiger partial charge in [0.2, 0.25) is 5.78 Å². The van der Waals surface area contributed by atoms with Crippen molar-refractivity contribution in [2.45, 2.75) is 83.0 Å². The van der Waals surface area contributed by atoms with E-state index in [1.807, 2.05) is 13.0 Å². The Kier molecular flexibility index (Phi) is 9.25. The van der Waals surface area contributed by atoms with Crippen LogP contribution in [0.25, 0.3) is 0 Å². The number of hydrogen-bond acceptors (Lipinski definition) is 9. The van der Waals surface area contributed by atoms with Crippen LogP contribution in [0.3, 0.4) is 0 Å². The van der Waals surface area contributed by atoms with Gasteiger partial charge in [-0.15, -0.1) is 0 Å². The molecule has 1 saturated carbocycles. The first-order chi connectivity index (χ1) is 20.7. The average molecular weight is 592 g/mol. The molecule has 2 fully saturated rings. The monoisotopic (exact) mass is 591 g/mol. The zero-order chi connectivity index (χ0) is 30.8. The van der Waals surface area contributed by atoms with Crippen LogP contribution >= 0.6 is 0 Å². The van der Waals surface area contributed by atoms with Gasteiger partial charge in [0.15, 0.2) is 11.4 Å². The molecule has 2 heterocycles. The van der Waals surface area contributed by atoms with E-state index in [1.165, 1.54) is 0 Å². The van der Waals surface area contributed by atoms with Gasteiger partial charge in [-0.3, -0.25) is 9.59 Å². The van der Waals surface area contributed by atoms with Crippen molar-refractivity contribution < 1.29 is 29.0 Å². The molecule has 0 spiro atoms. The third-order valence-corrected chi connectivity index (χ3v) is 9.86. The number of nitrogens with two attached hydrogens (primary N) is 1. The van der Waals surface area contributed by atoms with Crippen LogP contribution in [0.5, 0.6) is 0 Å². The van der Waals surface area contributed by atoms with Crippen molar-refractivity contribution in [3.63, 3.8) is 0 Å². The number of allylic oxidation sites excluding steroid dienone is 3. The van der Waals surface area contributed by atoms with E-state index in [4.69, 9.17) is 15.2 Å². The molecule has 0 amide bonds. The van der Waals surface area contributed by atoms with Crippen molar-refractivity contribution in [2.75, 3.05) is 26.3 Å². The highest BCUT2D eigenvalue weighted by atomic mass is 16.7. The number of epoxide rings is 1. The van der Waals surface area contributed by atoms with E-state index in [9.17, 15) is 19.5 Å². The van der Waals surface area contributed by atoms with Gasteiger partial charge in [-0.25, -0.2) is 4.79 Å². The Morgan fingerprint density at radius 2 is 1.93 bits per heavy atom. The number of ether oxygens (including phenoxy) is 2. The van der Waals surface area contributed by atoms with Crippen LogP contribution in [0.2, 0.25) is 0 Å². The van der Waals surface area contributed by atoms with Gasteiger partial charge in [0.05, 0.1) is 19.0 Å². The van der Waals surface area contributed by atoms with Gasteiger partial charge in [-0.1, -0.05) is 56.2 Å². The Morgan fingerprint density at radius 3 is 2.60 bits per heavy atom. The molecule has 5 rings (SSSR count). The second-order valence-electron chi connectivity index (χ2n) is 12.4. The van der Waals surface area contributed by atoms with Gasteiger partial charge >= 0.3 is 5.97 Å². The first-order valence-electron chi connectivity index (χ1n) is 15.7. The SMILES string of the molecule is CCNC1CCC(CC)CC1COC(=O)C12OC1(CC(CO)=C(C)CCC1=CCNC(N)=C1)C(=O)c1ccccc1C2=O. The van der Waals surface area contributed by atoms with Crippen molar-refractivity contribution in [1.82, 2.24) is 10.6 Å². The summed E-state index contributed by atoms with van der Waals surface area (Å²) in [5.41, 5.74) is 5.04. The second-order valence-corrected chi connectivity index (χ2v) is 12.4. The highest BCUT2D eigenvalue weighted by Gasteiger charge is 2.85. The summed E-state index contributed by atoms with van der Waals surface area (Å²) in [7, 11) is 0. The number of carbonyl (C=O) groups excluding carboxylic acids is 3. The predicted molar refractivity (Wildman–Crippen MR) is 163 cm³/mol. The highest BCUT2D eigenvalue weighted by Crippen LogP contribution is 2.59. The Labute approximate surface area is 254 Å². The molecule has 43 heavy (non-hydrogen) atoms. The second kappa shape index (κ2) is 12.8. The third kappa shape index (κ3) is 5.70. The number of Topliss-reactive ketones (excluding diaryl/α,β-unsaturated/α-hetero) is 2. The Balaban J connectivity index is 1.41. The number of ketones is 2. The molecule has 2 aliphatic heterocycles. The summed E-state index contributed by atoms with van der Waals surface area (Å²) in [6, 6.07) is 6.74. The summed E-state index contributed by atoms with van der Waals surface area (Å²) in [6.45, 7) is 7.44. The largest absolute Gasteiger partial charge is 0.463 e. The number of dihydropyridines is 1. The maximum absolute atomic E-state index is 14.0. The normalized spacial score (nSPS) is 30.3. The maximum atomic E-state index is 14.0. The minimum Gasteiger partial charge on any atom is -0.463 e. The van der Waals surface area contributed by atoms with E-state index in [2.05, 4.69) is 30.6 Å². The number of esters is 1. The van der Waals surface area contributed by atoms with Crippen molar-refractivity contribution >= 4 is 17.5 Å². The van der Waals surface area contributed by atoms with Crippen LogP contribution in [0, 0.1) is 11.8 Å². The highest BCUT2D eigenvalue weighted by molar-refractivity contribution is 6.32. The van der Waals surface area contributed by atoms with Gasteiger partial charge in [0.1, 0.15) is 0 Å². The van der Waals surface area contributed by atoms with Gasteiger partial charge < -0.3 is 30.9 Å². The van der Waals surface area contributed by atoms with Crippen LogP contribution in [0.4, 0.5) is 0 Å². The van der Waals surface area contributed by atoms with E-state index in [1.54, 1.807) is 24.3 Å². The molecule has 1 aromatic carbocycles. The van der Waals surface area contributed by atoms with Gasteiger partial charge in [0, 0.05) is 36.1 Å². The molecule has 0 radical (unpaired) electrons. The molecule has 2 aliphatic carbocycles. The zero-order valence-corrected chi connectivity index (χ0v) is 25.5. The molecule has 0 aromatic heterocycles. The van der Waals surface area contributed by atoms with E-state index in [0.29, 0.717) is 36.7 Å². The lowest BCUT2D eigenvalue weighted by atomic mass is 9.71. The third-order valence-electron chi connectivity index (χ3n) is 9.86. The van der Waals surface area contributed by atoms with Crippen molar-refractivity contribution in [3.05, 3.63) is 70.1 Å². The van der Waals surface area contributed by atoms with Gasteiger partial charge in [0.25, 0.3) is 5.60 Å². The molecule has 9 heteroatoms. The van der Waals surface area contributed by atoms with Crippen molar-refractivity contribution in [1.29, 1.82) is 0 Å². The summed E-state index contributed by atoms with van der Waals surface area (Å²) < 4.78 is 12.0. The fourth-order valence-electron chi connectivity index (χ4n) is 7.16. The quantitative estimate of drug-likeness (QED) is 0.124. The number of aliphatic hydroxyl groups excluding tert-OH is 1. The maximum Gasteiger partial charge on any atom is 0.350 e. The molecule has 1 saturated heterocycles. The van der Waals surface area contributed by atoms with Crippen molar-refractivity contribution in [2.24, 2.45) is 17.6 Å². The molecular weight excluding hydrogens is 546 g/mol. The summed E-state index contributed by atoms with van der Waals surface area (Å²) >= 11 is 0. The molecular formula is C34H45N3O6.